The Bertz CT molecular complexity index is 924. The molecule has 0 amide bonds. The number of hydrogen-bond acceptors (Lipinski definition) is 7. The van der Waals surface area contributed by atoms with E-state index in [1.165, 1.54) is 5.56 Å². The summed E-state index contributed by atoms with van der Waals surface area (Å²) in [6, 6.07) is 10.3. The highest BCUT2D eigenvalue weighted by molar-refractivity contribution is 5.54. The lowest BCUT2D eigenvalue weighted by molar-refractivity contribution is 0.250. The van der Waals surface area contributed by atoms with Gasteiger partial charge in [-0.15, -0.1) is 0 Å². The smallest absolute Gasteiger partial charge is 0.227 e. The minimum absolute atomic E-state index is 0.670. The summed E-state index contributed by atoms with van der Waals surface area (Å²) in [4.78, 5) is 18.3. The normalized spacial score (nSPS) is 15.1. The van der Waals surface area contributed by atoms with Gasteiger partial charge < -0.3 is 9.42 Å². The van der Waals surface area contributed by atoms with E-state index in [4.69, 9.17) is 4.52 Å². The molecule has 0 atom stereocenters. The van der Waals surface area contributed by atoms with Crippen LogP contribution in [0.5, 0.6) is 0 Å². The number of aryl methyl sites for hydroxylation is 4. The van der Waals surface area contributed by atoms with Gasteiger partial charge in [-0.3, -0.25) is 4.90 Å². The van der Waals surface area contributed by atoms with Crippen LogP contribution in [-0.4, -0.2) is 57.7 Å². The third-order valence-corrected chi connectivity index (χ3v) is 5.29. The number of hydrogen-bond donors (Lipinski definition) is 0. The first-order valence-electron chi connectivity index (χ1n) is 10.3. The second kappa shape index (κ2) is 8.69. The van der Waals surface area contributed by atoms with Crippen molar-refractivity contribution >= 4 is 5.82 Å². The van der Waals surface area contributed by atoms with E-state index in [0.29, 0.717) is 11.7 Å². The fraction of sp³-hybridized carbons (Fsp3) is 0.455. The molecule has 152 valence electrons. The van der Waals surface area contributed by atoms with Crippen LogP contribution in [0.25, 0.3) is 11.4 Å². The van der Waals surface area contributed by atoms with Gasteiger partial charge in [-0.25, -0.2) is 9.97 Å². The van der Waals surface area contributed by atoms with Gasteiger partial charge in [0.05, 0.1) is 0 Å². The van der Waals surface area contributed by atoms with Crippen LogP contribution in [0.4, 0.5) is 5.82 Å². The quantitative estimate of drug-likeness (QED) is 0.638. The lowest BCUT2D eigenvalue weighted by Crippen LogP contribution is -2.47. The van der Waals surface area contributed by atoms with Crippen LogP contribution in [0.15, 0.2) is 34.9 Å². The molecular formula is C22H28N6O. The van der Waals surface area contributed by atoms with Crippen LogP contribution in [0.2, 0.25) is 0 Å². The first-order chi connectivity index (χ1) is 14.1. The molecule has 1 aliphatic rings. The predicted molar refractivity (Wildman–Crippen MR) is 113 cm³/mol. The molecule has 3 aromatic rings. The zero-order valence-electron chi connectivity index (χ0n) is 17.4. The standard InChI is InChI=1S/C22H28N6O/c1-16-6-8-19(9-7-16)22-25-21(29-26-22)5-4-10-27-11-13-28(14-12-27)20-15-17(2)23-18(3)24-20/h6-9,15H,4-5,10-14H2,1-3H3. The van der Waals surface area contributed by atoms with Crippen molar-refractivity contribution in [3.63, 3.8) is 0 Å². The average molecular weight is 393 g/mol. The lowest BCUT2D eigenvalue weighted by atomic mass is 10.1. The second-order valence-electron chi connectivity index (χ2n) is 7.72. The monoisotopic (exact) mass is 392 g/mol. The van der Waals surface area contributed by atoms with E-state index in [0.717, 1.165) is 68.5 Å². The summed E-state index contributed by atoms with van der Waals surface area (Å²) in [6.07, 6.45) is 1.82. The fourth-order valence-corrected chi connectivity index (χ4v) is 3.69. The molecule has 7 heteroatoms. The zero-order chi connectivity index (χ0) is 20.2. The van der Waals surface area contributed by atoms with Crippen molar-refractivity contribution < 1.29 is 4.52 Å². The van der Waals surface area contributed by atoms with Gasteiger partial charge in [-0.2, -0.15) is 4.98 Å². The molecule has 0 bridgehead atoms. The van der Waals surface area contributed by atoms with E-state index in [1.54, 1.807) is 0 Å². The summed E-state index contributed by atoms with van der Waals surface area (Å²) in [7, 11) is 0. The van der Waals surface area contributed by atoms with Crippen molar-refractivity contribution in [2.24, 2.45) is 0 Å². The molecule has 4 rings (SSSR count). The highest BCUT2D eigenvalue weighted by Gasteiger charge is 2.18. The highest BCUT2D eigenvalue weighted by Crippen LogP contribution is 2.18. The third kappa shape index (κ3) is 4.98. The third-order valence-electron chi connectivity index (χ3n) is 5.29. The molecule has 1 aliphatic heterocycles. The maximum atomic E-state index is 5.43. The molecule has 29 heavy (non-hydrogen) atoms. The summed E-state index contributed by atoms with van der Waals surface area (Å²) >= 11 is 0. The van der Waals surface area contributed by atoms with Crippen LogP contribution in [0.1, 0.15) is 29.4 Å². The first kappa shape index (κ1) is 19.5. The van der Waals surface area contributed by atoms with Crippen LogP contribution in [0.3, 0.4) is 0 Å². The number of aromatic nitrogens is 4. The summed E-state index contributed by atoms with van der Waals surface area (Å²) in [6.45, 7) is 11.2. The Kier molecular flexibility index (Phi) is 5.85. The van der Waals surface area contributed by atoms with Crippen molar-refractivity contribution in [2.75, 3.05) is 37.6 Å². The molecule has 0 radical (unpaired) electrons. The molecule has 0 aliphatic carbocycles. The van der Waals surface area contributed by atoms with E-state index in [9.17, 15) is 0 Å². The van der Waals surface area contributed by atoms with Gasteiger partial charge in [-0.1, -0.05) is 35.0 Å². The van der Waals surface area contributed by atoms with E-state index in [2.05, 4.69) is 55.0 Å². The molecule has 0 saturated carbocycles. The molecule has 0 unspecified atom stereocenters. The molecule has 0 spiro atoms. The second-order valence-corrected chi connectivity index (χ2v) is 7.72. The SMILES string of the molecule is Cc1ccc(-c2noc(CCCN3CCN(c4cc(C)nc(C)n4)CC3)n2)cc1. The first-order valence-corrected chi connectivity index (χ1v) is 10.3. The topological polar surface area (TPSA) is 71.2 Å². The molecule has 7 nitrogen and oxygen atoms in total. The van der Waals surface area contributed by atoms with Crippen LogP contribution in [-0.2, 0) is 6.42 Å². The molecule has 1 saturated heterocycles. The van der Waals surface area contributed by atoms with E-state index >= 15 is 0 Å². The summed E-state index contributed by atoms with van der Waals surface area (Å²) in [5.41, 5.74) is 3.25. The van der Waals surface area contributed by atoms with E-state index in [1.807, 2.05) is 26.0 Å². The molecule has 1 aromatic carbocycles. The Morgan fingerprint density at radius 3 is 2.41 bits per heavy atom. The number of anilines is 1. The van der Waals surface area contributed by atoms with Gasteiger partial charge in [0.2, 0.25) is 11.7 Å². The molecule has 2 aromatic heterocycles. The van der Waals surface area contributed by atoms with Gasteiger partial charge >= 0.3 is 0 Å². The Labute approximate surface area is 171 Å². The fourth-order valence-electron chi connectivity index (χ4n) is 3.69. The van der Waals surface area contributed by atoms with Crippen LogP contribution >= 0.6 is 0 Å². The Balaban J connectivity index is 1.23. The summed E-state index contributed by atoms with van der Waals surface area (Å²) < 4.78 is 5.43. The van der Waals surface area contributed by atoms with Crippen molar-refractivity contribution in [1.82, 2.24) is 25.0 Å². The largest absolute Gasteiger partial charge is 0.354 e. The van der Waals surface area contributed by atoms with Crippen molar-refractivity contribution in [3.05, 3.63) is 53.3 Å². The van der Waals surface area contributed by atoms with E-state index < -0.39 is 0 Å². The molecule has 1 fully saturated rings. The molecular weight excluding hydrogens is 364 g/mol. The lowest BCUT2D eigenvalue weighted by Gasteiger charge is -2.35. The minimum Gasteiger partial charge on any atom is -0.354 e. The predicted octanol–water partition coefficient (Wildman–Crippen LogP) is 3.21. The van der Waals surface area contributed by atoms with E-state index in [-0.39, 0.29) is 0 Å². The Morgan fingerprint density at radius 1 is 0.931 bits per heavy atom. The van der Waals surface area contributed by atoms with Gasteiger partial charge in [0.1, 0.15) is 11.6 Å². The van der Waals surface area contributed by atoms with Gasteiger partial charge in [-0.05, 0) is 33.7 Å². The van der Waals surface area contributed by atoms with Gasteiger partial charge in [0.25, 0.3) is 0 Å². The number of nitrogens with zero attached hydrogens (tertiary/aromatic N) is 6. The van der Waals surface area contributed by atoms with Crippen molar-refractivity contribution in [3.8, 4) is 11.4 Å². The maximum absolute atomic E-state index is 5.43. The molecule has 0 N–H and O–H groups in total. The van der Waals surface area contributed by atoms with Gasteiger partial charge in [0.15, 0.2) is 0 Å². The minimum atomic E-state index is 0.670. The van der Waals surface area contributed by atoms with Crippen molar-refractivity contribution in [2.45, 2.75) is 33.6 Å². The number of piperazine rings is 1. The summed E-state index contributed by atoms with van der Waals surface area (Å²) in [5.74, 6) is 3.27. The number of benzene rings is 1. The summed E-state index contributed by atoms with van der Waals surface area (Å²) in [5, 5.41) is 4.12. The maximum Gasteiger partial charge on any atom is 0.227 e. The van der Waals surface area contributed by atoms with Crippen molar-refractivity contribution in [1.29, 1.82) is 0 Å². The highest BCUT2D eigenvalue weighted by atomic mass is 16.5. The number of rotatable bonds is 6. The molecule has 3 heterocycles. The average Bonchev–Trinajstić information content (AvgIpc) is 3.17. The van der Waals surface area contributed by atoms with Crippen LogP contribution < -0.4 is 4.90 Å². The Hall–Kier alpha value is -2.80. The van der Waals surface area contributed by atoms with Gasteiger partial charge in [0, 0.05) is 49.9 Å². The zero-order valence-corrected chi connectivity index (χ0v) is 17.4. The Morgan fingerprint density at radius 2 is 1.69 bits per heavy atom. The van der Waals surface area contributed by atoms with Crippen LogP contribution in [0, 0.1) is 20.8 Å².